The van der Waals surface area contributed by atoms with Crippen LogP contribution in [-0.2, 0) is 14.8 Å². The summed E-state index contributed by atoms with van der Waals surface area (Å²) in [6.07, 6.45) is 2.46. The normalized spacial score (nSPS) is 21.1. The van der Waals surface area contributed by atoms with Gasteiger partial charge in [-0.25, -0.2) is 13.1 Å². The molecule has 1 atom stereocenters. The third kappa shape index (κ3) is 5.22. The van der Waals surface area contributed by atoms with Crippen LogP contribution in [0.1, 0.15) is 33.6 Å². The molecule has 0 amide bonds. The highest BCUT2D eigenvalue weighted by Crippen LogP contribution is 2.15. The number of rotatable bonds is 7. The van der Waals surface area contributed by atoms with Gasteiger partial charge in [0, 0.05) is 32.3 Å². The van der Waals surface area contributed by atoms with Crippen LogP contribution in [0.5, 0.6) is 0 Å². The van der Waals surface area contributed by atoms with E-state index in [1.165, 1.54) is 0 Å². The van der Waals surface area contributed by atoms with Gasteiger partial charge in [-0.15, -0.1) is 0 Å². The number of nitrogens with one attached hydrogen (secondary N) is 1. The van der Waals surface area contributed by atoms with Gasteiger partial charge in [0.2, 0.25) is 10.0 Å². The molecule has 0 radical (unpaired) electrons. The average Bonchev–Trinajstić information content (AvgIpc) is 2.37. The Labute approximate surface area is 111 Å². The standard InChI is InChI=1S/C12H26N2O3S/c1-4-17-12-6-8-14(9-7-12)11(3)10-13-18(15,16)5-2/h11-13H,4-10H2,1-3H3. The number of hydrogen-bond acceptors (Lipinski definition) is 4. The molecule has 1 aliphatic rings. The highest BCUT2D eigenvalue weighted by atomic mass is 32.2. The van der Waals surface area contributed by atoms with Crippen LogP contribution in [0.25, 0.3) is 0 Å². The van der Waals surface area contributed by atoms with Crippen LogP contribution in [0, 0.1) is 0 Å². The minimum Gasteiger partial charge on any atom is -0.378 e. The first-order chi connectivity index (χ1) is 8.48. The summed E-state index contributed by atoms with van der Waals surface area (Å²) in [6.45, 7) is 8.99. The summed E-state index contributed by atoms with van der Waals surface area (Å²) in [5, 5.41) is 0. The van der Waals surface area contributed by atoms with Gasteiger partial charge in [-0.05, 0) is 33.6 Å². The van der Waals surface area contributed by atoms with E-state index in [1.807, 2.05) is 6.92 Å². The SMILES string of the molecule is CCOC1CCN(C(C)CNS(=O)(=O)CC)CC1. The maximum absolute atomic E-state index is 11.4. The number of hydrogen-bond donors (Lipinski definition) is 1. The van der Waals surface area contributed by atoms with E-state index < -0.39 is 10.0 Å². The van der Waals surface area contributed by atoms with E-state index in [9.17, 15) is 8.42 Å². The maximum Gasteiger partial charge on any atom is 0.211 e. The number of piperidine rings is 1. The Morgan fingerprint density at radius 3 is 2.44 bits per heavy atom. The maximum atomic E-state index is 11.4. The van der Waals surface area contributed by atoms with Crippen molar-refractivity contribution >= 4 is 10.0 Å². The number of ether oxygens (including phenoxy) is 1. The van der Waals surface area contributed by atoms with Crippen LogP contribution in [0.2, 0.25) is 0 Å². The fourth-order valence-corrected chi connectivity index (χ4v) is 2.90. The molecule has 1 N–H and O–H groups in total. The van der Waals surface area contributed by atoms with E-state index >= 15 is 0 Å². The molecule has 108 valence electrons. The van der Waals surface area contributed by atoms with Crippen molar-refractivity contribution in [1.82, 2.24) is 9.62 Å². The van der Waals surface area contributed by atoms with Crippen molar-refractivity contribution in [3.63, 3.8) is 0 Å². The number of nitrogens with zero attached hydrogens (tertiary/aromatic N) is 1. The Morgan fingerprint density at radius 1 is 1.33 bits per heavy atom. The van der Waals surface area contributed by atoms with Crippen LogP contribution in [0.15, 0.2) is 0 Å². The van der Waals surface area contributed by atoms with Gasteiger partial charge in [0.05, 0.1) is 11.9 Å². The van der Waals surface area contributed by atoms with Crippen molar-refractivity contribution in [2.24, 2.45) is 0 Å². The molecule has 5 nitrogen and oxygen atoms in total. The molecule has 1 fully saturated rings. The second kappa shape index (κ2) is 7.43. The Hall–Kier alpha value is -0.170. The van der Waals surface area contributed by atoms with E-state index in [0.717, 1.165) is 32.5 Å². The molecule has 0 aromatic carbocycles. The van der Waals surface area contributed by atoms with E-state index in [1.54, 1.807) is 6.92 Å². The predicted octanol–water partition coefficient (Wildman–Crippen LogP) is 0.815. The van der Waals surface area contributed by atoms with Crippen LogP contribution < -0.4 is 4.72 Å². The summed E-state index contributed by atoms with van der Waals surface area (Å²) in [5.74, 6) is 0.145. The molecule has 1 heterocycles. The van der Waals surface area contributed by atoms with Gasteiger partial charge >= 0.3 is 0 Å². The number of sulfonamides is 1. The van der Waals surface area contributed by atoms with Crippen molar-refractivity contribution in [3.05, 3.63) is 0 Å². The average molecular weight is 278 g/mol. The monoisotopic (exact) mass is 278 g/mol. The smallest absolute Gasteiger partial charge is 0.211 e. The van der Waals surface area contributed by atoms with Crippen LogP contribution >= 0.6 is 0 Å². The number of likely N-dealkylation sites (tertiary alicyclic amines) is 1. The lowest BCUT2D eigenvalue weighted by Crippen LogP contribution is -2.47. The van der Waals surface area contributed by atoms with E-state index in [0.29, 0.717) is 12.6 Å². The molecule has 1 aliphatic heterocycles. The first kappa shape index (κ1) is 15.9. The van der Waals surface area contributed by atoms with Crippen molar-refractivity contribution in [2.75, 3.05) is 32.0 Å². The molecule has 18 heavy (non-hydrogen) atoms. The molecule has 1 saturated heterocycles. The van der Waals surface area contributed by atoms with Crippen molar-refractivity contribution in [1.29, 1.82) is 0 Å². The van der Waals surface area contributed by atoms with Gasteiger partial charge < -0.3 is 4.74 Å². The third-order valence-electron chi connectivity index (χ3n) is 3.48. The molecular formula is C12H26N2O3S. The van der Waals surface area contributed by atoms with Crippen molar-refractivity contribution in [2.45, 2.75) is 45.8 Å². The topological polar surface area (TPSA) is 58.6 Å². The minimum absolute atomic E-state index is 0.145. The zero-order valence-corrected chi connectivity index (χ0v) is 12.5. The van der Waals surface area contributed by atoms with Crippen LogP contribution in [-0.4, -0.2) is 57.5 Å². The second-order valence-electron chi connectivity index (χ2n) is 4.79. The molecular weight excluding hydrogens is 252 g/mol. The predicted molar refractivity (Wildman–Crippen MR) is 73.1 cm³/mol. The lowest BCUT2D eigenvalue weighted by Gasteiger charge is -2.35. The Kier molecular flexibility index (Phi) is 6.55. The van der Waals surface area contributed by atoms with Gasteiger partial charge in [0.1, 0.15) is 0 Å². The fourth-order valence-electron chi connectivity index (χ4n) is 2.20. The zero-order valence-electron chi connectivity index (χ0n) is 11.7. The first-order valence-electron chi connectivity index (χ1n) is 6.81. The molecule has 0 spiro atoms. The van der Waals surface area contributed by atoms with E-state index in [-0.39, 0.29) is 11.8 Å². The molecule has 1 unspecified atom stereocenters. The van der Waals surface area contributed by atoms with Gasteiger partial charge in [-0.3, -0.25) is 4.90 Å². The zero-order chi connectivity index (χ0) is 13.6. The summed E-state index contributed by atoms with van der Waals surface area (Å²) >= 11 is 0. The summed E-state index contributed by atoms with van der Waals surface area (Å²) in [5.41, 5.74) is 0. The first-order valence-corrected chi connectivity index (χ1v) is 8.46. The lowest BCUT2D eigenvalue weighted by atomic mass is 10.1. The highest BCUT2D eigenvalue weighted by Gasteiger charge is 2.23. The molecule has 0 aromatic heterocycles. The van der Waals surface area contributed by atoms with E-state index in [2.05, 4.69) is 16.5 Å². The van der Waals surface area contributed by atoms with Gasteiger partial charge in [0.15, 0.2) is 0 Å². The minimum atomic E-state index is -3.07. The van der Waals surface area contributed by atoms with Crippen LogP contribution in [0.4, 0.5) is 0 Å². The fraction of sp³-hybridized carbons (Fsp3) is 1.00. The lowest BCUT2D eigenvalue weighted by molar-refractivity contribution is 0.00637. The Bertz CT molecular complexity index is 324. The van der Waals surface area contributed by atoms with Crippen LogP contribution in [0.3, 0.4) is 0 Å². The molecule has 0 bridgehead atoms. The quantitative estimate of drug-likeness (QED) is 0.749. The third-order valence-corrected chi connectivity index (χ3v) is 4.85. The van der Waals surface area contributed by atoms with Crippen molar-refractivity contribution < 1.29 is 13.2 Å². The molecule has 6 heteroatoms. The molecule has 0 saturated carbocycles. The second-order valence-corrected chi connectivity index (χ2v) is 6.89. The summed E-state index contributed by atoms with van der Waals surface area (Å²) in [7, 11) is -3.07. The van der Waals surface area contributed by atoms with E-state index in [4.69, 9.17) is 4.74 Å². The molecule has 1 rings (SSSR count). The largest absolute Gasteiger partial charge is 0.378 e. The molecule has 0 aromatic rings. The van der Waals surface area contributed by atoms with Crippen molar-refractivity contribution in [3.8, 4) is 0 Å². The highest BCUT2D eigenvalue weighted by molar-refractivity contribution is 7.89. The summed E-state index contributed by atoms with van der Waals surface area (Å²) < 4.78 is 31.0. The molecule has 0 aliphatic carbocycles. The van der Waals surface area contributed by atoms with Gasteiger partial charge in [0.25, 0.3) is 0 Å². The summed E-state index contributed by atoms with van der Waals surface area (Å²) in [6, 6.07) is 0.244. The Balaban J connectivity index is 2.30. The van der Waals surface area contributed by atoms with Gasteiger partial charge in [-0.2, -0.15) is 0 Å². The summed E-state index contributed by atoms with van der Waals surface area (Å²) in [4.78, 5) is 2.33. The Morgan fingerprint density at radius 2 is 1.94 bits per heavy atom. The van der Waals surface area contributed by atoms with Gasteiger partial charge in [-0.1, -0.05) is 0 Å².